The number of carbonyl (C=O) groups excluding carboxylic acids is 1. The maximum Gasteiger partial charge on any atom is 0.295 e. The van der Waals surface area contributed by atoms with Crippen molar-refractivity contribution in [2.24, 2.45) is 0 Å². The van der Waals surface area contributed by atoms with Gasteiger partial charge in [0.05, 0.1) is 15.7 Å². The quantitative estimate of drug-likeness (QED) is 0.357. The maximum atomic E-state index is 12.9. The van der Waals surface area contributed by atoms with Crippen LogP contribution in [0, 0.1) is 13.8 Å². The number of aromatic nitrogens is 3. The summed E-state index contributed by atoms with van der Waals surface area (Å²) in [5.41, 5.74) is 4.21. The van der Waals surface area contributed by atoms with E-state index in [1.165, 1.54) is 0 Å². The summed E-state index contributed by atoms with van der Waals surface area (Å²) >= 11 is 18.4. The zero-order chi connectivity index (χ0) is 22.1. The van der Waals surface area contributed by atoms with Crippen LogP contribution in [0.2, 0.25) is 15.1 Å². The highest BCUT2D eigenvalue weighted by Crippen LogP contribution is 2.28. The Hall–Kier alpha value is -2.86. The van der Waals surface area contributed by atoms with Gasteiger partial charge in [0.15, 0.2) is 5.82 Å². The smallest absolute Gasteiger partial charge is 0.295 e. The molecule has 0 fully saturated rings. The monoisotopic (exact) mass is 470 g/mol. The Balaban J connectivity index is 1.77. The lowest BCUT2D eigenvalue weighted by Crippen LogP contribution is -2.14. The first kappa shape index (κ1) is 21.4. The fraction of sp³-hybridized carbons (Fsp3) is 0.0870. The molecule has 0 aliphatic rings. The minimum atomic E-state index is -0.426. The molecule has 0 atom stereocenters. The lowest BCUT2D eigenvalue weighted by Gasteiger charge is -2.07. The number of amides is 1. The fourth-order valence-electron chi connectivity index (χ4n) is 3.03. The molecule has 1 amide bonds. The van der Waals surface area contributed by atoms with E-state index in [1.54, 1.807) is 41.1 Å². The molecule has 4 aromatic rings. The van der Waals surface area contributed by atoms with Gasteiger partial charge < -0.3 is 5.32 Å². The van der Waals surface area contributed by atoms with E-state index in [4.69, 9.17) is 34.8 Å². The van der Waals surface area contributed by atoms with Crippen LogP contribution in [0.25, 0.3) is 17.1 Å². The first-order chi connectivity index (χ1) is 14.8. The van der Waals surface area contributed by atoms with E-state index in [0.717, 1.165) is 11.1 Å². The number of hydrogen-bond donors (Lipinski definition) is 1. The molecule has 0 spiro atoms. The number of aryl methyl sites for hydroxylation is 2. The summed E-state index contributed by atoms with van der Waals surface area (Å²) < 4.78 is 1.54. The van der Waals surface area contributed by atoms with Crippen LogP contribution < -0.4 is 5.32 Å². The Morgan fingerprint density at radius 3 is 2.42 bits per heavy atom. The van der Waals surface area contributed by atoms with Gasteiger partial charge in [0.2, 0.25) is 5.82 Å². The van der Waals surface area contributed by atoms with Crippen LogP contribution in [-0.2, 0) is 0 Å². The van der Waals surface area contributed by atoms with E-state index in [9.17, 15) is 4.79 Å². The lowest BCUT2D eigenvalue weighted by atomic mass is 10.1. The average molecular weight is 472 g/mol. The molecular weight excluding hydrogens is 455 g/mol. The maximum absolute atomic E-state index is 12.9. The predicted molar refractivity (Wildman–Crippen MR) is 126 cm³/mol. The van der Waals surface area contributed by atoms with Crippen molar-refractivity contribution < 1.29 is 4.79 Å². The summed E-state index contributed by atoms with van der Waals surface area (Å²) in [7, 11) is 0. The van der Waals surface area contributed by atoms with Crippen molar-refractivity contribution in [2.75, 3.05) is 5.32 Å². The lowest BCUT2D eigenvalue weighted by molar-refractivity contribution is 0.101. The van der Waals surface area contributed by atoms with Gasteiger partial charge in [-0.25, -0.2) is 9.67 Å². The third-order valence-corrected chi connectivity index (χ3v) is 5.78. The molecule has 1 heterocycles. The van der Waals surface area contributed by atoms with Crippen molar-refractivity contribution in [2.45, 2.75) is 13.8 Å². The number of benzene rings is 3. The number of anilines is 1. The highest BCUT2D eigenvalue weighted by molar-refractivity contribution is 6.42. The zero-order valence-electron chi connectivity index (χ0n) is 16.7. The third kappa shape index (κ3) is 4.59. The molecular formula is C23H17Cl3N4O. The molecule has 0 saturated heterocycles. The number of carbonyl (C=O) groups is 1. The molecule has 1 N–H and O–H groups in total. The van der Waals surface area contributed by atoms with Crippen LogP contribution in [-0.4, -0.2) is 20.7 Å². The van der Waals surface area contributed by atoms with E-state index in [0.29, 0.717) is 37.8 Å². The third-order valence-electron chi connectivity index (χ3n) is 4.81. The van der Waals surface area contributed by atoms with Gasteiger partial charge in [-0.2, -0.15) is 0 Å². The van der Waals surface area contributed by atoms with Crippen LogP contribution in [0.5, 0.6) is 0 Å². The van der Waals surface area contributed by atoms with Crippen molar-refractivity contribution in [3.63, 3.8) is 0 Å². The second-order valence-electron chi connectivity index (χ2n) is 7.03. The molecule has 4 rings (SSSR count). The van der Waals surface area contributed by atoms with Crippen molar-refractivity contribution in [3.8, 4) is 17.1 Å². The summed E-state index contributed by atoms with van der Waals surface area (Å²) in [6.07, 6.45) is 0. The number of halogens is 3. The number of rotatable bonds is 4. The fourth-order valence-corrected chi connectivity index (χ4v) is 3.51. The highest BCUT2D eigenvalue weighted by atomic mass is 35.5. The van der Waals surface area contributed by atoms with Crippen molar-refractivity contribution in [1.82, 2.24) is 14.8 Å². The molecule has 5 nitrogen and oxygen atoms in total. The summed E-state index contributed by atoms with van der Waals surface area (Å²) in [5.74, 6) is 0.0377. The Morgan fingerprint density at radius 2 is 1.71 bits per heavy atom. The first-order valence-corrected chi connectivity index (χ1v) is 10.5. The summed E-state index contributed by atoms with van der Waals surface area (Å²) in [6.45, 7) is 4.00. The second-order valence-corrected chi connectivity index (χ2v) is 8.28. The first-order valence-electron chi connectivity index (χ1n) is 9.39. The Morgan fingerprint density at radius 1 is 0.903 bits per heavy atom. The van der Waals surface area contributed by atoms with Crippen molar-refractivity contribution in [3.05, 3.63) is 92.7 Å². The summed E-state index contributed by atoms with van der Waals surface area (Å²) in [4.78, 5) is 17.4. The average Bonchev–Trinajstić information content (AvgIpc) is 3.18. The Bertz CT molecular complexity index is 1300. The van der Waals surface area contributed by atoms with Gasteiger partial charge in [-0.05, 0) is 67.4 Å². The molecule has 0 aliphatic heterocycles. The van der Waals surface area contributed by atoms with Crippen LogP contribution in [0.3, 0.4) is 0 Å². The van der Waals surface area contributed by atoms with Crippen molar-refractivity contribution in [1.29, 1.82) is 0 Å². The van der Waals surface area contributed by atoms with Crippen LogP contribution in [0.15, 0.2) is 60.7 Å². The van der Waals surface area contributed by atoms with Gasteiger partial charge in [-0.1, -0.05) is 53.0 Å². The van der Waals surface area contributed by atoms with E-state index in [2.05, 4.69) is 15.4 Å². The van der Waals surface area contributed by atoms with E-state index < -0.39 is 5.91 Å². The van der Waals surface area contributed by atoms with E-state index in [-0.39, 0.29) is 5.82 Å². The summed E-state index contributed by atoms with van der Waals surface area (Å²) in [6, 6.07) is 17.9. The predicted octanol–water partition coefficient (Wildman–Crippen LogP) is 6.76. The number of hydrogen-bond acceptors (Lipinski definition) is 3. The van der Waals surface area contributed by atoms with E-state index in [1.807, 2.05) is 38.1 Å². The van der Waals surface area contributed by atoms with Crippen LogP contribution >= 0.6 is 34.8 Å². The van der Waals surface area contributed by atoms with Gasteiger partial charge >= 0.3 is 0 Å². The molecule has 156 valence electrons. The standard InChI is InChI=1S/C23H17Cl3N4O/c1-13-6-7-17(10-14(13)2)27-23(31)21-28-22(15-4-3-5-16(24)11-15)30(29-21)18-8-9-19(25)20(26)12-18/h3-12H,1-2H3,(H,27,31). The molecule has 31 heavy (non-hydrogen) atoms. The molecule has 0 bridgehead atoms. The topological polar surface area (TPSA) is 59.8 Å². The van der Waals surface area contributed by atoms with Crippen molar-refractivity contribution >= 4 is 46.4 Å². The molecule has 3 aromatic carbocycles. The molecule has 8 heteroatoms. The van der Waals surface area contributed by atoms with Gasteiger partial charge in [0, 0.05) is 16.3 Å². The molecule has 0 aliphatic carbocycles. The van der Waals surface area contributed by atoms with Gasteiger partial charge in [-0.15, -0.1) is 5.10 Å². The highest BCUT2D eigenvalue weighted by Gasteiger charge is 2.20. The van der Waals surface area contributed by atoms with Crippen LogP contribution in [0.4, 0.5) is 5.69 Å². The Labute approximate surface area is 194 Å². The minimum absolute atomic E-state index is 0.0132. The number of nitrogens with zero attached hydrogens (tertiary/aromatic N) is 3. The Kier molecular flexibility index (Phi) is 6.01. The molecule has 0 radical (unpaired) electrons. The SMILES string of the molecule is Cc1ccc(NC(=O)c2nc(-c3cccc(Cl)c3)n(-c3ccc(Cl)c(Cl)c3)n2)cc1C. The van der Waals surface area contributed by atoms with E-state index >= 15 is 0 Å². The normalized spacial score (nSPS) is 10.9. The van der Waals surface area contributed by atoms with Gasteiger partial charge in [0.1, 0.15) is 0 Å². The molecule has 0 saturated carbocycles. The van der Waals surface area contributed by atoms with Gasteiger partial charge in [0.25, 0.3) is 5.91 Å². The largest absolute Gasteiger partial charge is 0.319 e. The zero-order valence-corrected chi connectivity index (χ0v) is 18.9. The second kappa shape index (κ2) is 8.71. The summed E-state index contributed by atoms with van der Waals surface area (Å²) in [5, 5.41) is 8.62. The molecule has 0 unspecified atom stereocenters. The number of nitrogens with one attached hydrogen (secondary N) is 1. The van der Waals surface area contributed by atoms with Gasteiger partial charge in [-0.3, -0.25) is 4.79 Å². The minimum Gasteiger partial charge on any atom is -0.319 e. The molecule has 1 aromatic heterocycles. The van der Waals surface area contributed by atoms with Crippen LogP contribution in [0.1, 0.15) is 21.7 Å².